The van der Waals surface area contributed by atoms with Crippen LogP contribution in [0.3, 0.4) is 0 Å². The normalized spacial score (nSPS) is 10.2. The van der Waals surface area contributed by atoms with Gasteiger partial charge in [-0.3, -0.25) is 4.79 Å². The number of hydrogen-bond donors (Lipinski definition) is 1. The van der Waals surface area contributed by atoms with E-state index in [2.05, 4.69) is 10.3 Å². The van der Waals surface area contributed by atoms with Gasteiger partial charge >= 0.3 is 0 Å². The molecule has 0 aliphatic heterocycles. The highest BCUT2D eigenvalue weighted by Crippen LogP contribution is 2.27. The van der Waals surface area contributed by atoms with Gasteiger partial charge in [0, 0.05) is 11.9 Å². The number of methoxy groups -OCH3 is 2. The van der Waals surface area contributed by atoms with Crippen LogP contribution in [-0.4, -0.2) is 25.1 Å². The molecule has 0 aliphatic rings. The molecule has 1 aromatic carbocycles. The maximum atomic E-state index is 11.9. The number of hydrogen-bond acceptors (Lipinski definition) is 5. The van der Waals surface area contributed by atoms with Crippen molar-refractivity contribution in [3.63, 3.8) is 0 Å². The van der Waals surface area contributed by atoms with Crippen LogP contribution in [0.1, 0.15) is 16.3 Å². The Bertz CT molecular complexity index is 625. The molecule has 0 unspecified atom stereocenters. The summed E-state index contributed by atoms with van der Waals surface area (Å²) in [7, 11) is 3.18. The number of thiazole rings is 1. The zero-order chi connectivity index (χ0) is 15.2. The maximum Gasteiger partial charge on any atom is 0.226 e. The molecule has 0 atom stereocenters. The molecule has 0 bridgehead atoms. The first-order valence-electron chi connectivity index (χ1n) is 6.51. The highest BCUT2D eigenvalue weighted by Gasteiger charge is 2.08. The molecule has 5 nitrogen and oxygen atoms in total. The number of nitrogens with one attached hydrogen (secondary N) is 1. The molecule has 0 spiro atoms. The van der Waals surface area contributed by atoms with Gasteiger partial charge in [-0.05, 0) is 24.6 Å². The number of aryl methyl sites for hydroxylation is 1. The van der Waals surface area contributed by atoms with Crippen LogP contribution < -0.4 is 14.8 Å². The number of ether oxygens (including phenoxy) is 2. The Morgan fingerprint density at radius 3 is 2.67 bits per heavy atom. The van der Waals surface area contributed by atoms with Crippen molar-refractivity contribution >= 4 is 17.2 Å². The summed E-state index contributed by atoms with van der Waals surface area (Å²) in [5.41, 5.74) is 1.76. The summed E-state index contributed by atoms with van der Waals surface area (Å²) in [6, 6.07) is 5.57. The van der Waals surface area contributed by atoms with Gasteiger partial charge in [-0.15, -0.1) is 11.3 Å². The molecule has 0 fully saturated rings. The number of amides is 1. The monoisotopic (exact) mass is 306 g/mol. The summed E-state index contributed by atoms with van der Waals surface area (Å²) in [5.74, 6) is 1.28. The lowest BCUT2D eigenvalue weighted by atomic mass is 10.2. The van der Waals surface area contributed by atoms with Crippen molar-refractivity contribution in [2.24, 2.45) is 0 Å². The van der Waals surface area contributed by atoms with E-state index in [9.17, 15) is 4.79 Å². The summed E-state index contributed by atoms with van der Waals surface area (Å²) in [5, 5.41) is 5.75. The molecule has 0 saturated carbocycles. The Morgan fingerprint density at radius 1 is 1.29 bits per heavy atom. The van der Waals surface area contributed by atoms with Gasteiger partial charge in [0.05, 0.1) is 31.3 Å². The third-order valence-electron chi connectivity index (χ3n) is 2.95. The average molecular weight is 306 g/mol. The summed E-state index contributed by atoms with van der Waals surface area (Å²) >= 11 is 1.55. The van der Waals surface area contributed by atoms with Crippen molar-refractivity contribution in [3.05, 3.63) is 39.8 Å². The van der Waals surface area contributed by atoms with Gasteiger partial charge < -0.3 is 14.8 Å². The molecular formula is C15H18N2O3S. The summed E-state index contributed by atoms with van der Waals surface area (Å²) < 4.78 is 10.4. The minimum absolute atomic E-state index is 0.0462. The summed E-state index contributed by atoms with van der Waals surface area (Å²) in [6.07, 6.45) is 0.303. The van der Waals surface area contributed by atoms with Crippen LogP contribution in [0.25, 0.3) is 0 Å². The first kappa shape index (κ1) is 15.3. The summed E-state index contributed by atoms with van der Waals surface area (Å²) in [6.45, 7) is 2.37. The molecule has 0 saturated heterocycles. The van der Waals surface area contributed by atoms with Gasteiger partial charge in [0.1, 0.15) is 0 Å². The molecule has 1 aromatic heterocycles. The summed E-state index contributed by atoms with van der Waals surface area (Å²) in [4.78, 5) is 16.1. The minimum atomic E-state index is -0.0462. The Hall–Kier alpha value is -2.08. The van der Waals surface area contributed by atoms with E-state index in [-0.39, 0.29) is 5.91 Å². The van der Waals surface area contributed by atoms with Gasteiger partial charge in [-0.25, -0.2) is 4.98 Å². The average Bonchev–Trinajstić information content (AvgIpc) is 2.89. The van der Waals surface area contributed by atoms with Gasteiger partial charge in [0.25, 0.3) is 0 Å². The lowest BCUT2D eigenvalue weighted by Gasteiger charge is -2.10. The largest absolute Gasteiger partial charge is 0.493 e. The number of aromatic nitrogens is 1. The second kappa shape index (κ2) is 7.08. The smallest absolute Gasteiger partial charge is 0.226 e. The Kier molecular flexibility index (Phi) is 5.16. The zero-order valence-corrected chi connectivity index (χ0v) is 13.1. The molecule has 112 valence electrons. The Labute approximate surface area is 127 Å². The van der Waals surface area contributed by atoms with E-state index < -0.39 is 0 Å². The van der Waals surface area contributed by atoms with Crippen molar-refractivity contribution in [3.8, 4) is 11.5 Å². The van der Waals surface area contributed by atoms with E-state index >= 15 is 0 Å². The zero-order valence-electron chi connectivity index (χ0n) is 12.3. The number of carbonyl (C=O) groups is 1. The van der Waals surface area contributed by atoms with E-state index in [1.807, 2.05) is 30.5 Å². The Morgan fingerprint density at radius 2 is 2.05 bits per heavy atom. The molecule has 1 heterocycles. The Balaban J connectivity index is 1.91. The van der Waals surface area contributed by atoms with E-state index in [0.29, 0.717) is 24.5 Å². The number of benzene rings is 1. The second-order valence-electron chi connectivity index (χ2n) is 4.50. The van der Waals surface area contributed by atoms with Crippen LogP contribution >= 0.6 is 11.3 Å². The van der Waals surface area contributed by atoms with Crippen LogP contribution in [0.15, 0.2) is 23.6 Å². The van der Waals surface area contributed by atoms with Crippen molar-refractivity contribution < 1.29 is 14.3 Å². The predicted octanol–water partition coefficient (Wildman–Crippen LogP) is 2.33. The highest BCUT2D eigenvalue weighted by molar-refractivity contribution is 7.09. The van der Waals surface area contributed by atoms with Crippen molar-refractivity contribution in [2.75, 3.05) is 14.2 Å². The van der Waals surface area contributed by atoms with Gasteiger partial charge in [0.15, 0.2) is 11.5 Å². The van der Waals surface area contributed by atoms with Crippen LogP contribution in [0.5, 0.6) is 11.5 Å². The minimum Gasteiger partial charge on any atom is -0.493 e. The van der Waals surface area contributed by atoms with E-state index in [0.717, 1.165) is 16.3 Å². The van der Waals surface area contributed by atoms with Crippen molar-refractivity contribution in [1.82, 2.24) is 10.3 Å². The topological polar surface area (TPSA) is 60.5 Å². The van der Waals surface area contributed by atoms with E-state index in [1.54, 1.807) is 25.6 Å². The molecule has 0 radical (unpaired) electrons. The third-order valence-corrected chi connectivity index (χ3v) is 3.77. The number of carbonyl (C=O) groups excluding carboxylic acids is 1. The van der Waals surface area contributed by atoms with Crippen LogP contribution in [0, 0.1) is 6.92 Å². The standard InChI is InChI=1S/C15H18N2O3S/c1-10-17-12(9-21-10)7-15(18)16-8-11-4-5-13(19-2)14(6-11)20-3/h4-6,9H,7-8H2,1-3H3,(H,16,18). The fourth-order valence-electron chi connectivity index (χ4n) is 1.91. The quantitative estimate of drug-likeness (QED) is 0.890. The fourth-order valence-corrected chi connectivity index (χ4v) is 2.52. The molecular weight excluding hydrogens is 288 g/mol. The third kappa shape index (κ3) is 4.19. The lowest BCUT2D eigenvalue weighted by molar-refractivity contribution is -0.120. The fraction of sp³-hybridized carbons (Fsp3) is 0.333. The molecule has 2 rings (SSSR count). The van der Waals surface area contributed by atoms with Crippen LogP contribution in [0.4, 0.5) is 0 Å². The number of rotatable bonds is 6. The van der Waals surface area contributed by atoms with Crippen LogP contribution in [0.2, 0.25) is 0 Å². The molecule has 1 N–H and O–H groups in total. The van der Waals surface area contributed by atoms with Gasteiger partial charge in [-0.1, -0.05) is 6.07 Å². The molecule has 21 heavy (non-hydrogen) atoms. The lowest BCUT2D eigenvalue weighted by Crippen LogP contribution is -2.24. The number of nitrogens with zero attached hydrogens (tertiary/aromatic N) is 1. The van der Waals surface area contributed by atoms with Gasteiger partial charge in [0.2, 0.25) is 5.91 Å². The predicted molar refractivity (Wildman–Crippen MR) is 81.9 cm³/mol. The van der Waals surface area contributed by atoms with Gasteiger partial charge in [-0.2, -0.15) is 0 Å². The maximum absolute atomic E-state index is 11.9. The molecule has 6 heteroatoms. The van der Waals surface area contributed by atoms with E-state index in [4.69, 9.17) is 9.47 Å². The van der Waals surface area contributed by atoms with Crippen LogP contribution in [-0.2, 0) is 17.8 Å². The first-order valence-corrected chi connectivity index (χ1v) is 7.39. The molecule has 1 amide bonds. The first-order chi connectivity index (χ1) is 10.1. The second-order valence-corrected chi connectivity index (χ2v) is 5.56. The van der Waals surface area contributed by atoms with Crippen molar-refractivity contribution in [2.45, 2.75) is 19.9 Å². The highest BCUT2D eigenvalue weighted by atomic mass is 32.1. The molecule has 2 aromatic rings. The van der Waals surface area contributed by atoms with E-state index in [1.165, 1.54) is 0 Å². The van der Waals surface area contributed by atoms with Crippen molar-refractivity contribution in [1.29, 1.82) is 0 Å². The SMILES string of the molecule is COc1ccc(CNC(=O)Cc2csc(C)n2)cc1OC. The molecule has 0 aliphatic carbocycles.